The zero-order valence-electron chi connectivity index (χ0n) is 15.1. The largest absolute Gasteiger partial charge is 0.481 e. The quantitative estimate of drug-likeness (QED) is 0.173. The van der Waals surface area contributed by atoms with E-state index in [0.717, 1.165) is 32.1 Å². The second kappa shape index (κ2) is 17.1. The fourth-order valence-electron chi connectivity index (χ4n) is 2.11. The van der Waals surface area contributed by atoms with Gasteiger partial charge in [-0.15, -0.1) is 0 Å². The average Bonchev–Trinajstić information content (AvgIpc) is 2.58. The van der Waals surface area contributed by atoms with Gasteiger partial charge in [0.25, 0.3) is 0 Å². The summed E-state index contributed by atoms with van der Waals surface area (Å²) in [6.45, 7) is 2.14. The number of rotatable bonds is 15. The smallest absolute Gasteiger partial charge is 0.303 e. The number of carboxylic acids is 1. The van der Waals surface area contributed by atoms with Crippen LogP contribution in [-0.2, 0) is 9.68 Å². The van der Waals surface area contributed by atoms with Gasteiger partial charge in [-0.05, 0) is 25.7 Å². The SMILES string of the molecule is CCCCC[C@@H](C=CC=CCC=CC=C[C@@H](O)CCCC(=O)O)OO. The number of hydrogen-bond donors (Lipinski definition) is 3. The van der Waals surface area contributed by atoms with Crippen molar-refractivity contribution < 1.29 is 25.2 Å². The molecule has 0 fully saturated rings. The highest BCUT2D eigenvalue weighted by atomic mass is 17.1. The molecule has 0 aromatic carbocycles. The highest BCUT2D eigenvalue weighted by Crippen LogP contribution is 2.07. The Morgan fingerprint density at radius 2 is 1.68 bits per heavy atom. The van der Waals surface area contributed by atoms with E-state index >= 15 is 0 Å². The van der Waals surface area contributed by atoms with Crippen LogP contribution < -0.4 is 0 Å². The van der Waals surface area contributed by atoms with E-state index in [0.29, 0.717) is 12.8 Å². The van der Waals surface area contributed by atoms with E-state index in [2.05, 4.69) is 11.8 Å². The molecule has 142 valence electrons. The van der Waals surface area contributed by atoms with Crippen LogP contribution in [0, 0.1) is 0 Å². The minimum Gasteiger partial charge on any atom is -0.481 e. The maximum atomic E-state index is 10.4. The number of allylic oxidation sites excluding steroid dienone is 6. The van der Waals surface area contributed by atoms with Gasteiger partial charge < -0.3 is 10.2 Å². The first kappa shape index (κ1) is 23.3. The minimum atomic E-state index is -0.838. The lowest BCUT2D eigenvalue weighted by Gasteiger charge is -2.07. The number of carboxylic acid groups (broad SMARTS) is 1. The Morgan fingerprint density at radius 1 is 1.00 bits per heavy atom. The van der Waals surface area contributed by atoms with Crippen molar-refractivity contribution in [3.05, 3.63) is 48.6 Å². The van der Waals surface area contributed by atoms with Gasteiger partial charge in [-0.1, -0.05) is 74.8 Å². The number of aliphatic hydroxyl groups is 1. The van der Waals surface area contributed by atoms with Crippen LogP contribution in [-0.4, -0.2) is 33.6 Å². The molecule has 0 amide bonds. The summed E-state index contributed by atoms with van der Waals surface area (Å²) in [6, 6.07) is 0. The normalized spacial score (nSPS) is 15.0. The molecular formula is C20H32O5. The predicted octanol–water partition coefficient (Wildman–Crippen LogP) is 4.66. The van der Waals surface area contributed by atoms with Gasteiger partial charge in [-0.2, -0.15) is 0 Å². The lowest BCUT2D eigenvalue weighted by atomic mass is 10.1. The summed E-state index contributed by atoms with van der Waals surface area (Å²) in [4.78, 5) is 14.8. The molecule has 0 aliphatic heterocycles. The van der Waals surface area contributed by atoms with Crippen LogP contribution in [0.25, 0.3) is 0 Å². The van der Waals surface area contributed by atoms with E-state index in [1.165, 1.54) is 0 Å². The highest BCUT2D eigenvalue weighted by molar-refractivity contribution is 5.66. The molecule has 0 radical (unpaired) electrons. The summed E-state index contributed by atoms with van der Waals surface area (Å²) in [5, 5.41) is 26.9. The van der Waals surface area contributed by atoms with Crippen LogP contribution in [0.4, 0.5) is 0 Å². The van der Waals surface area contributed by atoms with Crippen molar-refractivity contribution in [3.63, 3.8) is 0 Å². The van der Waals surface area contributed by atoms with Crippen LogP contribution in [0.15, 0.2) is 48.6 Å². The van der Waals surface area contributed by atoms with Crippen LogP contribution in [0.3, 0.4) is 0 Å². The second-order valence-electron chi connectivity index (χ2n) is 5.85. The van der Waals surface area contributed by atoms with Crippen molar-refractivity contribution in [1.82, 2.24) is 0 Å². The maximum Gasteiger partial charge on any atom is 0.303 e. The average molecular weight is 352 g/mol. The Hall–Kier alpha value is -1.69. The predicted molar refractivity (Wildman–Crippen MR) is 100 cm³/mol. The van der Waals surface area contributed by atoms with E-state index in [4.69, 9.17) is 10.4 Å². The molecule has 0 aliphatic rings. The van der Waals surface area contributed by atoms with Gasteiger partial charge in [0, 0.05) is 6.42 Å². The third-order valence-electron chi connectivity index (χ3n) is 3.54. The molecule has 0 saturated carbocycles. The number of hydrogen-bond acceptors (Lipinski definition) is 4. The molecule has 25 heavy (non-hydrogen) atoms. The zero-order valence-corrected chi connectivity index (χ0v) is 15.1. The molecule has 0 aliphatic carbocycles. The topological polar surface area (TPSA) is 87.0 Å². The summed E-state index contributed by atoms with van der Waals surface area (Å²) in [7, 11) is 0. The molecule has 0 saturated heterocycles. The standard InChI is InChI=1S/C20H32O5/c1-2-3-9-15-19(25-24)16-11-8-6-4-5-7-10-13-18(21)14-12-17-20(22)23/h5-8,10-11,13,16,18-19,21,24H,2-4,9,12,14-15,17H2,1H3,(H,22,23)/t18-,19+/m1/s1. The number of unbranched alkanes of at least 4 members (excludes halogenated alkanes) is 2. The van der Waals surface area contributed by atoms with Gasteiger partial charge in [0.2, 0.25) is 0 Å². The highest BCUT2D eigenvalue weighted by Gasteiger charge is 2.02. The molecule has 3 N–H and O–H groups in total. The summed E-state index contributed by atoms with van der Waals surface area (Å²) < 4.78 is 0. The third kappa shape index (κ3) is 16.9. The van der Waals surface area contributed by atoms with Crippen LogP contribution in [0.5, 0.6) is 0 Å². The van der Waals surface area contributed by atoms with E-state index in [1.54, 1.807) is 12.2 Å². The number of carbonyl (C=O) groups is 1. The molecule has 5 nitrogen and oxygen atoms in total. The summed E-state index contributed by atoms with van der Waals surface area (Å²) in [5.74, 6) is -0.838. The third-order valence-corrected chi connectivity index (χ3v) is 3.54. The number of aliphatic hydroxyl groups excluding tert-OH is 1. The Kier molecular flexibility index (Phi) is 16.0. The summed E-state index contributed by atoms with van der Waals surface area (Å²) >= 11 is 0. The molecule has 2 atom stereocenters. The Balaban J connectivity index is 3.87. The molecule has 0 aromatic heterocycles. The van der Waals surface area contributed by atoms with E-state index in [-0.39, 0.29) is 12.5 Å². The molecule has 0 bridgehead atoms. The molecular weight excluding hydrogens is 320 g/mol. The molecule has 0 rings (SSSR count). The van der Waals surface area contributed by atoms with Crippen molar-refractivity contribution in [1.29, 1.82) is 0 Å². The van der Waals surface area contributed by atoms with Crippen molar-refractivity contribution in [3.8, 4) is 0 Å². The van der Waals surface area contributed by atoms with Gasteiger partial charge in [0.15, 0.2) is 0 Å². The monoisotopic (exact) mass is 352 g/mol. The number of aliphatic carboxylic acids is 1. The minimum absolute atomic E-state index is 0.0832. The Morgan fingerprint density at radius 3 is 2.28 bits per heavy atom. The molecule has 0 spiro atoms. The van der Waals surface area contributed by atoms with Crippen LogP contribution in [0.2, 0.25) is 0 Å². The van der Waals surface area contributed by atoms with Crippen molar-refractivity contribution >= 4 is 5.97 Å². The van der Waals surface area contributed by atoms with Crippen molar-refractivity contribution in [2.75, 3.05) is 0 Å². The second-order valence-corrected chi connectivity index (χ2v) is 5.85. The van der Waals surface area contributed by atoms with E-state index in [1.807, 2.05) is 36.5 Å². The molecule has 0 unspecified atom stereocenters. The van der Waals surface area contributed by atoms with Gasteiger partial charge in [-0.25, -0.2) is 4.89 Å². The fourth-order valence-corrected chi connectivity index (χ4v) is 2.11. The summed E-state index contributed by atoms with van der Waals surface area (Å²) in [6.07, 6.45) is 19.8. The lowest BCUT2D eigenvalue weighted by Crippen LogP contribution is -2.06. The summed E-state index contributed by atoms with van der Waals surface area (Å²) in [5.41, 5.74) is 0. The zero-order chi connectivity index (χ0) is 18.8. The molecule has 5 heteroatoms. The van der Waals surface area contributed by atoms with Crippen LogP contribution in [0.1, 0.15) is 58.3 Å². The van der Waals surface area contributed by atoms with Gasteiger partial charge in [0.05, 0.1) is 6.10 Å². The maximum absolute atomic E-state index is 10.4. The van der Waals surface area contributed by atoms with Crippen molar-refractivity contribution in [2.24, 2.45) is 0 Å². The lowest BCUT2D eigenvalue weighted by molar-refractivity contribution is -0.267. The van der Waals surface area contributed by atoms with Crippen molar-refractivity contribution in [2.45, 2.75) is 70.5 Å². The van der Waals surface area contributed by atoms with Gasteiger partial charge >= 0.3 is 5.97 Å². The van der Waals surface area contributed by atoms with Crippen LogP contribution >= 0.6 is 0 Å². The van der Waals surface area contributed by atoms with E-state index in [9.17, 15) is 9.90 Å². The first-order chi connectivity index (χ1) is 12.1. The van der Waals surface area contributed by atoms with Gasteiger partial charge in [0.1, 0.15) is 6.10 Å². The molecule has 0 aromatic rings. The first-order valence-electron chi connectivity index (χ1n) is 8.96. The fraction of sp³-hybridized carbons (Fsp3) is 0.550. The van der Waals surface area contributed by atoms with E-state index < -0.39 is 12.1 Å². The Bertz CT molecular complexity index is 437. The Labute approximate surface area is 151 Å². The van der Waals surface area contributed by atoms with Gasteiger partial charge in [-0.3, -0.25) is 10.1 Å². The molecule has 0 heterocycles. The first-order valence-corrected chi connectivity index (χ1v) is 8.96.